The Kier molecular flexibility index (Phi) is 13.7. The summed E-state index contributed by atoms with van der Waals surface area (Å²) < 4.78 is 197. The summed E-state index contributed by atoms with van der Waals surface area (Å²) in [5.74, 6) is -23.4. The smallest absolute Gasteiger partial charge is 0.310 e. The van der Waals surface area contributed by atoms with Gasteiger partial charge in [-0.05, 0) is 41.0 Å². The summed E-state index contributed by atoms with van der Waals surface area (Å²) in [6, 6.07) is 0. The molecule has 1 aliphatic rings. The second-order valence-electron chi connectivity index (χ2n) is 14.4. The highest BCUT2D eigenvalue weighted by molar-refractivity contribution is 8.27. The minimum absolute atomic E-state index is 0.0613. The predicted molar refractivity (Wildman–Crippen MR) is 182 cm³/mol. The maximum absolute atomic E-state index is 14.5. The van der Waals surface area contributed by atoms with Crippen LogP contribution in [0.15, 0.2) is 20.1 Å². The van der Waals surface area contributed by atoms with Crippen LogP contribution in [0.4, 0.5) is 61.5 Å². The van der Waals surface area contributed by atoms with E-state index in [1.54, 1.807) is 27.7 Å². The van der Waals surface area contributed by atoms with Gasteiger partial charge in [0.05, 0.1) is 0 Å². The Morgan fingerprint density at radius 2 is 0.925 bits per heavy atom. The zero-order chi connectivity index (χ0) is 41.1. The Morgan fingerprint density at radius 3 is 1.32 bits per heavy atom. The summed E-state index contributed by atoms with van der Waals surface area (Å²) in [6.07, 6.45) is -17.0. The van der Waals surface area contributed by atoms with Crippen LogP contribution in [0.1, 0.15) is 61.3 Å². The lowest BCUT2D eigenvalue weighted by Gasteiger charge is -2.28. The van der Waals surface area contributed by atoms with Gasteiger partial charge in [0.2, 0.25) is 0 Å². The zero-order valence-corrected chi connectivity index (χ0v) is 33.8. The average molecular weight is 900 g/mol. The van der Waals surface area contributed by atoms with Crippen LogP contribution in [0.25, 0.3) is 0 Å². The number of rotatable bonds is 14. The van der Waals surface area contributed by atoms with Crippen LogP contribution in [-0.4, -0.2) is 63.2 Å². The molecule has 25 heteroatoms. The van der Waals surface area contributed by atoms with Gasteiger partial charge in [0, 0.05) is 74.9 Å². The molecule has 5 nitrogen and oxygen atoms in total. The summed E-state index contributed by atoms with van der Waals surface area (Å²) in [5.41, 5.74) is -1.03. The van der Waals surface area contributed by atoms with Crippen LogP contribution in [0.5, 0.6) is 0 Å². The highest BCUT2D eigenvalue weighted by Crippen LogP contribution is 2.56. The predicted octanol–water partition coefficient (Wildman–Crippen LogP) is 13.0. The van der Waals surface area contributed by atoms with Crippen LogP contribution < -0.4 is 0 Å². The van der Waals surface area contributed by atoms with E-state index in [0.717, 1.165) is 45.0 Å². The van der Waals surface area contributed by atoms with Crippen molar-refractivity contribution in [2.24, 2.45) is 10.8 Å². The molecule has 0 bridgehead atoms. The van der Waals surface area contributed by atoms with E-state index in [1.165, 1.54) is 24.0 Å². The van der Waals surface area contributed by atoms with Crippen LogP contribution in [0, 0.1) is 20.4 Å². The zero-order valence-electron chi connectivity index (χ0n) is 28.9. The molecule has 0 atom stereocenters. The van der Waals surface area contributed by atoms with Gasteiger partial charge in [-0.1, -0.05) is 48.5 Å². The molecule has 0 amide bonds. The van der Waals surface area contributed by atoms with Crippen molar-refractivity contribution in [1.29, 1.82) is 0 Å². The summed E-state index contributed by atoms with van der Waals surface area (Å²) in [4.78, 5) is 0. The third kappa shape index (κ3) is 9.86. The summed E-state index contributed by atoms with van der Waals surface area (Å²) in [6.45, 7) is 10.7. The van der Waals surface area contributed by atoms with Crippen molar-refractivity contribution < 1.29 is 61.5 Å². The van der Waals surface area contributed by atoms with E-state index < -0.39 is 72.8 Å². The van der Waals surface area contributed by atoms with Crippen molar-refractivity contribution in [1.82, 2.24) is 21.4 Å². The minimum Gasteiger partial charge on any atom is -0.310 e. The number of aromatic nitrogens is 4. The molecule has 1 aliphatic heterocycles. The lowest BCUT2D eigenvalue weighted by Crippen LogP contribution is -2.52. The normalized spacial score (nSPS) is 15.9. The molecular formula is C28H35F14N5S6. The number of imidazole rings is 2. The molecule has 306 valence electrons. The fourth-order valence-corrected chi connectivity index (χ4v) is 10.5. The van der Waals surface area contributed by atoms with Crippen molar-refractivity contribution in [2.75, 3.05) is 5.75 Å². The third-order valence-corrected chi connectivity index (χ3v) is 12.9. The number of alkyl halides is 14. The molecule has 0 aromatic carbocycles. The number of halogens is 14. The number of nitrogens with zero attached hydrogens (tertiary/aromatic N) is 5. The summed E-state index contributed by atoms with van der Waals surface area (Å²) in [5, 5.41) is 0.757. The Balaban J connectivity index is 2.12. The van der Waals surface area contributed by atoms with E-state index in [1.807, 2.05) is 20.8 Å². The third-order valence-electron chi connectivity index (χ3n) is 7.23. The Morgan fingerprint density at radius 1 is 0.547 bits per heavy atom. The summed E-state index contributed by atoms with van der Waals surface area (Å²) in [7, 11) is 0. The molecule has 3 heterocycles. The van der Waals surface area contributed by atoms with E-state index >= 15 is 0 Å². The fraction of sp³-hybridized carbons (Fsp3) is 0.786. The highest BCUT2D eigenvalue weighted by atomic mass is 32.3. The van der Waals surface area contributed by atoms with Gasteiger partial charge in [-0.15, -0.1) is 14.9 Å². The van der Waals surface area contributed by atoms with Crippen molar-refractivity contribution in [2.45, 2.75) is 144 Å². The first kappa shape index (κ1) is 46.6. The van der Waals surface area contributed by atoms with Gasteiger partial charge in [0.25, 0.3) is 0 Å². The second kappa shape index (κ2) is 15.5. The van der Waals surface area contributed by atoms with E-state index in [9.17, 15) is 61.5 Å². The van der Waals surface area contributed by atoms with E-state index in [0.29, 0.717) is 10.8 Å². The molecule has 0 spiro atoms. The molecule has 0 radical (unpaired) electrons. The molecule has 0 saturated carbocycles. The number of fused-ring (bicyclic) bond motifs is 1. The summed E-state index contributed by atoms with van der Waals surface area (Å²) >= 11 is 14.6. The average Bonchev–Trinajstić information content (AvgIpc) is 3.54. The van der Waals surface area contributed by atoms with E-state index in [4.69, 9.17) is 24.4 Å². The SMILES string of the molecule is CCSc1c(SN2Sc3c(n(CC(C)(C)C)c(=S)n3CCC(F)(F)C(F)(F)C(F)(F)F)S2)n(CCC(F)(F)C(F)(F)C(F)(F)F)c(=S)n1CC(C)(C)C. The maximum atomic E-state index is 14.5. The molecule has 0 fully saturated rings. The lowest BCUT2D eigenvalue weighted by molar-refractivity contribution is -0.356. The fourth-order valence-electron chi connectivity index (χ4n) is 4.76. The highest BCUT2D eigenvalue weighted by Gasteiger charge is 2.73. The molecule has 53 heavy (non-hydrogen) atoms. The lowest BCUT2D eigenvalue weighted by atomic mass is 9.97. The number of thioether (sulfide) groups is 1. The first-order chi connectivity index (χ1) is 23.6. The monoisotopic (exact) mass is 899 g/mol. The van der Waals surface area contributed by atoms with Crippen molar-refractivity contribution in [3.63, 3.8) is 0 Å². The van der Waals surface area contributed by atoms with Crippen LogP contribution in [-0.2, 0) is 26.2 Å². The largest absolute Gasteiger partial charge is 0.459 e. The van der Waals surface area contributed by atoms with Gasteiger partial charge in [0.1, 0.15) is 20.1 Å². The molecule has 0 unspecified atom stereocenters. The first-order valence-electron chi connectivity index (χ1n) is 15.4. The molecule has 0 aliphatic carbocycles. The maximum Gasteiger partial charge on any atom is 0.459 e. The van der Waals surface area contributed by atoms with Crippen molar-refractivity contribution >= 4 is 72.0 Å². The van der Waals surface area contributed by atoms with Crippen molar-refractivity contribution in [3.05, 3.63) is 9.54 Å². The van der Waals surface area contributed by atoms with Gasteiger partial charge < -0.3 is 18.3 Å². The van der Waals surface area contributed by atoms with Crippen LogP contribution in [0.3, 0.4) is 0 Å². The quantitative estimate of drug-likeness (QED) is 0.0805. The van der Waals surface area contributed by atoms with Crippen molar-refractivity contribution in [3.8, 4) is 0 Å². The number of hydrogen-bond acceptors (Lipinski definition) is 7. The van der Waals surface area contributed by atoms with Gasteiger partial charge in [-0.2, -0.15) is 61.5 Å². The van der Waals surface area contributed by atoms with E-state index in [2.05, 4.69) is 0 Å². The van der Waals surface area contributed by atoms with Gasteiger partial charge >= 0.3 is 36.0 Å². The van der Waals surface area contributed by atoms with Gasteiger partial charge in [0.15, 0.2) is 9.54 Å². The van der Waals surface area contributed by atoms with Gasteiger partial charge in [-0.3, -0.25) is 0 Å². The van der Waals surface area contributed by atoms with Crippen LogP contribution in [0.2, 0.25) is 0 Å². The first-order valence-corrected chi connectivity index (χ1v) is 19.5. The Bertz CT molecular complexity index is 1740. The topological polar surface area (TPSA) is 23.0 Å². The van der Waals surface area contributed by atoms with E-state index in [-0.39, 0.29) is 37.7 Å². The number of hydrogen-bond donors (Lipinski definition) is 0. The minimum atomic E-state index is -6.55. The standard InChI is InChI=1S/C28H35F14N5S6/c1-8-50-15-16(43(19(48)45(15)13-21(2,3)4)11-9-23(29,30)25(33,34)27(37,38)39)51-47-52-17-18(53-47)46(14-22(5,6)7)20(49)44(17)12-10-24(31,32)26(35,36)28(40,41)42/h8-14H2,1-7H3. The van der Waals surface area contributed by atoms with Gasteiger partial charge in [-0.25, -0.2) is 0 Å². The molecule has 2 aromatic rings. The molecular weight excluding hydrogens is 865 g/mol. The molecule has 0 saturated heterocycles. The molecule has 2 aromatic heterocycles. The molecule has 0 N–H and O–H groups in total. The Labute approximate surface area is 323 Å². The second-order valence-corrected chi connectivity index (χ2v) is 19.8. The molecule has 3 rings (SSSR count). The Hall–Kier alpha value is -0.760. The van der Waals surface area contributed by atoms with Crippen LogP contribution >= 0.6 is 72.0 Å².